The van der Waals surface area contributed by atoms with Crippen molar-refractivity contribution in [1.82, 2.24) is 5.32 Å². The summed E-state index contributed by atoms with van der Waals surface area (Å²) in [6, 6.07) is 14.1. The molecule has 0 bridgehead atoms. The van der Waals surface area contributed by atoms with Gasteiger partial charge in [0.25, 0.3) is 5.91 Å². The minimum absolute atomic E-state index is 0.145. The lowest BCUT2D eigenvalue weighted by Gasteiger charge is -2.25. The van der Waals surface area contributed by atoms with Crippen LogP contribution in [0.1, 0.15) is 22.8 Å². The quantitative estimate of drug-likeness (QED) is 0.802. The van der Waals surface area contributed by atoms with E-state index in [1.807, 2.05) is 19.1 Å². The molecule has 0 aliphatic heterocycles. The number of sulfonamides is 1. The Morgan fingerprint density at radius 1 is 1.12 bits per heavy atom. The van der Waals surface area contributed by atoms with Crippen molar-refractivity contribution in [2.24, 2.45) is 0 Å². The first-order valence-corrected chi connectivity index (χ1v) is 10.2. The SMILES string of the molecule is CCc1ccccc1N(CCNC(=O)c1ccccc1Cl)S(C)(=O)=O. The molecule has 0 fully saturated rings. The molecule has 0 aromatic heterocycles. The summed E-state index contributed by atoms with van der Waals surface area (Å²) in [6.45, 7) is 2.29. The van der Waals surface area contributed by atoms with Crippen LogP contribution in [0.15, 0.2) is 48.5 Å². The Labute approximate surface area is 153 Å². The van der Waals surface area contributed by atoms with Crippen LogP contribution in [0.25, 0.3) is 0 Å². The van der Waals surface area contributed by atoms with E-state index in [9.17, 15) is 13.2 Å². The maximum absolute atomic E-state index is 12.2. The molecule has 1 amide bonds. The molecule has 2 rings (SSSR count). The third-order valence-corrected chi connectivity index (χ3v) is 5.27. The first-order chi connectivity index (χ1) is 11.8. The number of amides is 1. The Morgan fingerprint density at radius 3 is 2.40 bits per heavy atom. The molecule has 7 heteroatoms. The predicted molar refractivity (Wildman–Crippen MR) is 102 cm³/mol. The van der Waals surface area contributed by atoms with Gasteiger partial charge in [0.1, 0.15) is 0 Å². The Balaban J connectivity index is 2.12. The highest BCUT2D eigenvalue weighted by Crippen LogP contribution is 2.23. The maximum atomic E-state index is 12.2. The van der Waals surface area contributed by atoms with E-state index in [0.717, 1.165) is 11.8 Å². The topological polar surface area (TPSA) is 66.5 Å². The fraction of sp³-hybridized carbons (Fsp3) is 0.278. The Bertz CT molecular complexity index is 853. The summed E-state index contributed by atoms with van der Waals surface area (Å²) >= 11 is 6.00. The fourth-order valence-corrected chi connectivity index (χ4v) is 3.71. The maximum Gasteiger partial charge on any atom is 0.252 e. The Kier molecular flexibility index (Phi) is 6.45. The summed E-state index contributed by atoms with van der Waals surface area (Å²) in [6.07, 6.45) is 1.88. The summed E-state index contributed by atoms with van der Waals surface area (Å²) in [5, 5.41) is 3.08. The number of carbonyl (C=O) groups is 1. The van der Waals surface area contributed by atoms with Gasteiger partial charge in [0.2, 0.25) is 10.0 Å². The molecular weight excluding hydrogens is 360 g/mol. The summed E-state index contributed by atoms with van der Waals surface area (Å²) in [4.78, 5) is 12.2. The third-order valence-electron chi connectivity index (χ3n) is 3.76. The molecule has 2 aromatic rings. The first kappa shape index (κ1) is 19.3. The average molecular weight is 381 g/mol. The molecule has 0 aliphatic rings. The number of halogens is 1. The molecule has 1 N–H and O–H groups in total. The minimum atomic E-state index is -3.47. The van der Waals surface area contributed by atoms with Crippen molar-refractivity contribution < 1.29 is 13.2 Å². The van der Waals surface area contributed by atoms with Crippen molar-refractivity contribution in [3.05, 3.63) is 64.7 Å². The van der Waals surface area contributed by atoms with Crippen LogP contribution in [0.2, 0.25) is 5.02 Å². The van der Waals surface area contributed by atoms with Crippen molar-refractivity contribution in [3.8, 4) is 0 Å². The van der Waals surface area contributed by atoms with Crippen molar-refractivity contribution in [1.29, 1.82) is 0 Å². The zero-order chi connectivity index (χ0) is 18.4. The van der Waals surface area contributed by atoms with Crippen molar-refractivity contribution in [3.63, 3.8) is 0 Å². The van der Waals surface area contributed by atoms with Gasteiger partial charge in [-0.2, -0.15) is 0 Å². The minimum Gasteiger partial charge on any atom is -0.350 e. The molecule has 0 heterocycles. The van der Waals surface area contributed by atoms with E-state index >= 15 is 0 Å². The van der Waals surface area contributed by atoms with Gasteiger partial charge in [-0.1, -0.05) is 48.9 Å². The number of rotatable bonds is 7. The van der Waals surface area contributed by atoms with E-state index in [0.29, 0.717) is 22.7 Å². The van der Waals surface area contributed by atoms with Gasteiger partial charge < -0.3 is 5.32 Å². The third kappa shape index (κ3) is 4.96. The van der Waals surface area contributed by atoms with E-state index in [1.54, 1.807) is 36.4 Å². The van der Waals surface area contributed by atoms with Crippen LogP contribution in [-0.4, -0.2) is 33.7 Å². The van der Waals surface area contributed by atoms with Crippen LogP contribution in [0, 0.1) is 0 Å². The monoisotopic (exact) mass is 380 g/mol. The number of hydrogen-bond donors (Lipinski definition) is 1. The lowest BCUT2D eigenvalue weighted by atomic mass is 10.1. The highest BCUT2D eigenvalue weighted by Gasteiger charge is 2.20. The highest BCUT2D eigenvalue weighted by molar-refractivity contribution is 7.92. The second kappa shape index (κ2) is 8.36. The zero-order valence-electron chi connectivity index (χ0n) is 14.2. The molecule has 0 saturated heterocycles. The number of benzene rings is 2. The van der Waals surface area contributed by atoms with Gasteiger partial charge in [0, 0.05) is 6.54 Å². The van der Waals surface area contributed by atoms with Crippen LogP contribution in [0.5, 0.6) is 0 Å². The molecule has 2 aromatic carbocycles. The molecule has 0 atom stereocenters. The molecular formula is C18H21ClN2O3S. The van der Waals surface area contributed by atoms with Crippen LogP contribution < -0.4 is 9.62 Å². The molecule has 134 valence electrons. The number of nitrogens with zero attached hydrogens (tertiary/aromatic N) is 1. The van der Waals surface area contributed by atoms with E-state index in [2.05, 4.69) is 5.32 Å². The van der Waals surface area contributed by atoms with E-state index in [4.69, 9.17) is 11.6 Å². The lowest BCUT2D eigenvalue weighted by Crippen LogP contribution is -2.38. The summed E-state index contributed by atoms with van der Waals surface area (Å²) < 4.78 is 25.7. The van der Waals surface area contributed by atoms with Gasteiger partial charge in [-0.25, -0.2) is 8.42 Å². The van der Waals surface area contributed by atoms with Gasteiger partial charge in [-0.05, 0) is 30.2 Å². The molecule has 0 spiro atoms. The number of aryl methyl sites for hydroxylation is 1. The molecule has 0 saturated carbocycles. The average Bonchev–Trinajstić information content (AvgIpc) is 2.58. The van der Waals surface area contributed by atoms with Crippen LogP contribution >= 0.6 is 11.6 Å². The summed E-state index contributed by atoms with van der Waals surface area (Å²) in [5.74, 6) is -0.331. The second-order valence-electron chi connectivity index (χ2n) is 5.55. The van der Waals surface area contributed by atoms with Crippen LogP contribution in [0.4, 0.5) is 5.69 Å². The zero-order valence-corrected chi connectivity index (χ0v) is 15.8. The lowest BCUT2D eigenvalue weighted by molar-refractivity contribution is 0.0955. The summed E-state index contributed by atoms with van der Waals surface area (Å²) in [5.41, 5.74) is 1.94. The molecule has 0 aliphatic carbocycles. The van der Waals surface area contributed by atoms with E-state index in [-0.39, 0.29) is 19.0 Å². The molecule has 25 heavy (non-hydrogen) atoms. The number of hydrogen-bond acceptors (Lipinski definition) is 3. The van der Waals surface area contributed by atoms with Crippen molar-refractivity contribution in [2.45, 2.75) is 13.3 Å². The first-order valence-electron chi connectivity index (χ1n) is 7.93. The number of nitrogens with one attached hydrogen (secondary N) is 1. The number of anilines is 1. The number of carbonyl (C=O) groups excluding carboxylic acids is 1. The molecule has 5 nitrogen and oxygen atoms in total. The van der Waals surface area contributed by atoms with E-state index < -0.39 is 10.0 Å². The Hall–Kier alpha value is -2.05. The Morgan fingerprint density at radius 2 is 1.76 bits per heavy atom. The largest absolute Gasteiger partial charge is 0.350 e. The predicted octanol–water partition coefficient (Wildman–Crippen LogP) is 3.10. The molecule has 0 unspecified atom stereocenters. The smallest absolute Gasteiger partial charge is 0.252 e. The van der Waals surface area contributed by atoms with Gasteiger partial charge in [0.05, 0.1) is 29.1 Å². The van der Waals surface area contributed by atoms with Crippen LogP contribution in [-0.2, 0) is 16.4 Å². The standard InChI is InChI=1S/C18H21ClN2O3S/c1-3-14-8-4-7-11-17(14)21(25(2,23)24)13-12-20-18(22)15-9-5-6-10-16(15)19/h4-11H,3,12-13H2,1-2H3,(H,20,22). The molecule has 0 radical (unpaired) electrons. The van der Waals surface area contributed by atoms with E-state index in [1.165, 1.54) is 4.31 Å². The normalized spacial score (nSPS) is 11.2. The second-order valence-corrected chi connectivity index (χ2v) is 7.87. The van der Waals surface area contributed by atoms with Crippen molar-refractivity contribution in [2.75, 3.05) is 23.7 Å². The van der Waals surface area contributed by atoms with Gasteiger partial charge in [0.15, 0.2) is 0 Å². The number of para-hydroxylation sites is 1. The van der Waals surface area contributed by atoms with Crippen LogP contribution in [0.3, 0.4) is 0 Å². The van der Waals surface area contributed by atoms with Gasteiger partial charge in [-0.3, -0.25) is 9.10 Å². The summed E-state index contributed by atoms with van der Waals surface area (Å²) in [7, 11) is -3.47. The highest BCUT2D eigenvalue weighted by atomic mass is 35.5. The van der Waals surface area contributed by atoms with Gasteiger partial charge in [-0.15, -0.1) is 0 Å². The van der Waals surface area contributed by atoms with Gasteiger partial charge >= 0.3 is 0 Å². The fourth-order valence-electron chi connectivity index (χ4n) is 2.53. The van der Waals surface area contributed by atoms with Crippen molar-refractivity contribution >= 4 is 33.2 Å².